The minimum atomic E-state index is 0.0951. The summed E-state index contributed by atoms with van der Waals surface area (Å²) in [7, 11) is 0. The Morgan fingerprint density at radius 2 is 1.20 bits per heavy atom. The Hall–Kier alpha value is -7.40. The smallest absolute Gasteiger partial charge is 0.0992 e. The third kappa shape index (κ3) is 5.43. The summed E-state index contributed by atoms with van der Waals surface area (Å²) in [5.41, 5.74) is 14.0. The van der Waals surface area contributed by atoms with Crippen LogP contribution in [-0.4, -0.2) is 4.40 Å². The molecule has 4 heteroatoms. The first-order chi connectivity index (χ1) is 27.5. The number of nitrogens with zero attached hydrogens (tertiary/aromatic N) is 4. The lowest BCUT2D eigenvalue weighted by atomic mass is 9.84. The SMILES string of the molecule is Cc1cccc(C(Cc2ccc3c4cc5ccc(N(c6cccc(C)c6)c6cccc(C#N)c6)cc5c5c6ccccc6n(c3c2)c45)c2cccc(C#N)c2)c1. The maximum atomic E-state index is 9.81. The molecule has 0 aliphatic rings. The lowest BCUT2D eigenvalue weighted by Crippen LogP contribution is -2.10. The Bertz CT molecular complexity index is 3250. The lowest BCUT2D eigenvalue weighted by Gasteiger charge is -2.26. The Morgan fingerprint density at radius 3 is 1.98 bits per heavy atom. The molecule has 0 spiro atoms. The van der Waals surface area contributed by atoms with E-state index < -0.39 is 0 Å². The second-order valence-electron chi connectivity index (χ2n) is 15.0. The van der Waals surface area contributed by atoms with Crippen LogP contribution in [0.4, 0.5) is 17.1 Å². The van der Waals surface area contributed by atoms with Gasteiger partial charge in [-0.2, -0.15) is 10.5 Å². The van der Waals surface area contributed by atoms with Crippen molar-refractivity contribution in [1.29, 1.82) is 10.5 Å². The van der Waals surface area contributed by atoms with Crippen LogP contribution in [0.3, 0.4) is 0 Å². The van der Waals surface area contributed by atoms with Gasteiger partial charge >= 0.3 is 0 Å². The highest BCUT2D eigenvalue weighted by atomic mass is 15.1. The third-order valence-corrected chi connectivity index (χ3v) is 11.4. The molecule has 0 N–H and O–H groups in total. The molecule has 56 heavy (non-hydrogen) atoms. The fraction of sp³-hybridized carbons (Fsp3) is 0.0769. The molecule has 0 bridgehead atoms. The molecule has 0 aliphatic heterocycles. The predicted octanol–water partition coefficient (Wildman–Crippen LogP) is 13.2. The van der Waals surface area contributed by atoms with Crippen LogP contribution in [0.1, 0.15) is 44.9 Å². The largest absolute Gasteiger partial charge is 0.310 e. The van der Waals surface area contributed by atoms with Gasteiger partial charge in [-0.25, -0.2) is 0 Å². The minimum Gasteiger partial charge on any atom is -0.310 e. The second-order valence-corrected chi connectivity index (χ2v) is 15.0. The van der Waals surface area contributed by atoms with Gasteiger partial charge in [0.1, 0.15) is 0 Å². The first-order valence-corrected chi connectivity index (χ1v) is 19.0. The summed E-state index contributed by atoms with van der Waals surface area (Å²) in [6.07, 6.45) is 0.803. The monoisotopic (exact) mass is 716 g/mol. The van der Waals surface area contributed by atoms with Gasteiger partial charge in [-0.05, 0) is 126 Å². The quantitative estimate of drug-likeness (QED) is 0.165. The molecule has 8 aromatic carbocycles. The summed E-state index contributed by atoms with van der Waals surface area (Å²) in [6, 6.07) is 62.8. The number of rotatable bonds is 7. The van der Waals surface area contributed by atoms with Crippen molar-refractivity contribution in [1.82, 2.24) is 4.40 Å². The van der Waals surface area contributed by atoms with Crippen LogP contribution in [0, 0.1) is 36.5 Å². The van der Waals surface area contributed by atoms with Crippen LogP contribution in [0.2, 0.25) is 0 Å². The standard InChI is InChI=1S/C52H36N4/c1-33-9-5-13-38(23-33)46(39-14-7-11-36(25-39)31-53)27-35-19-22-44-48-29-40-20-21-43(55(41-15-6-10-34(2)24-41)42-16-8-12-37(26-42)32-54)30-47(40)51-45-17-3-4-18-49(45)56(52(48)51)50(44)28-35/h3-26,28-30,46H,27H2,1-2H3. The van der Waals surface area contributed by atoms with Crippen LogP contribution in [-0.2, 0) is 6.42 Å². The third-order valence-electron chi connectivity index (χ3n) is 11.4. The molecule has 0 aliphatic carbocycles. The van der Waals surface area contributed by atoms with Crippen LogP contribution in [0.15, 0.2) is 164 Å². The van der Waals surface area contributed by atoms with Crippen molar-refractivity contribution >= 4 is 65.9 Å². The highest BCUT2D eigenvalue weighted by molar-refractivity contribution is 6.31. The fourth-order valence-electron chi connectivity index (χ4n) is 8.89. The molecule has 0 radical (unpaired) electrons. The molecule has 1 unspecified atom stereocenters. The van der Waals surface area contributed by atoms with Crippen molar-refractivity contribution in [3.63, 3.8) is 0 Å². The van der Waals surface area contributed by atoms with E-state index in [4.69, 9.17) is 0 Å². The van der Waals surface area contributed by atoms with E-state index in [0.717, 1.165) is 29.0 Å². The van der Waals surface area contributed by atoms with E-state index in [1.54, 1.807) is 0 Å². The maximum Gasteiger partial charge on any atom is 0.0992 e. The topological polar surface area (TPSA) is 55.2 Å². The van der Waals surface area contributed by atoms with E-state index in [2.05, 4.69) is 163 Å². The maximum absolute atomic E-state index is 9.81. The van der Waals surface area contributed by atoms with Gasteiger partial charge < -0.3 is 9.30 Å². The number of nitriles is 2. The van der Waals surface area contributed by atoms with E-state index in [0.29, 0.717) is 11.1 Å². The van der Waals surface area contributed by atoms with Gasteiger partial charge in [0.15, 0.2) is 0 Å². The van der Waals surface area contributed by atoms with Gasteiger partial charge in [-0.3, -0.25) is 0 Å². The van der Waals surface area contributed by atoms with Crippen molar-refractivity contribution in [2.45, 2.75) is 26.2 Å². The summed E-state index contributed by atoms with van der Waals surface area (Å²) in [5.74, 6) is 0.0951. The molecule has 0 saturated carbocycles. The summed E-state index contributed by atoms with van der Waals surface area (Å²) >= 11 is 0. The van der Waals surface area contributed by atoms with E-state index >= 15 is 0 Å². The van der Waals surface area contributed by atoms with Crippen LogP contribution in [0.25, 0.3) is 48.9 Å². The van der Waals surface area contributed by atoms with E-state index in [9.17, 15) is 10.5 Å². The fourth-order valence-corrected chi connectivity index (χ4v) is 8.89. The highest BCUT2D eigenvalue weighted by Crippen LogP contribution is 2.45. The predicted molar refractivity (Wildman–Crippen MR) is 231 cm³/mol. The average molecular weight is 717 g/mol. The van der Waals surface area contributed by atoms with Gasteiger partial charge in [0.25, 0.3) is 0 Å². The Balaban J connectivity index is 1.18. The van der Waals surface area contributed by atoms with Crippen molar-refractivity contribution in [3.05, 3.63) is 203 Å². The Morgan fingerprint density at radius 1 is 0.518 bits per heavy atom. The van der Waals surface area contributed by atoms with Crippen LogP contribution >= 0.6 is 0 Å². The Kier molecular flexibility index (Phi) is 7.80. The molecule has 264 valence electrons. The number of para-hydroxylation sites is 1. The summed E-state index contributed by atoms with van der Waals surface area (Å²) in [5, 5.41) is 26.9. The molecule has 2 heterocycles. The molecule has 4 nitrogen and oxygen atoms in total. The number of hydrogen-bond donors (Lipinski definition) is 0. The molecule has 0 saturated heterocycles. The van der Waals surface area contributed by atoms with Crippen molar-refractivity contribution in [2.75, 3.05) is 4.90 Å². The van der Waals surface area contributed by atoms with Crippen molar-refractivity contribution in [3.8, 4) is 12.1 Å². The zero-order valence-corrected chi connectivity index (χ0v) is 31.2. The van der Waals surface area contributed by atoms with E-state index in [1.165, 1.54) is 71.1 Å². The normalized spacial score (nSPS) is 12.1. The summed E-state index contributed by atoms with van der Waals surface area (Å²) in [6.45, 7) is 4.25. The zero-order chi connectivity index (χ0) is 37.9. The van der Waals surface area contributed by atoms with Crippen molar-refractivity contribution in [2.24, 2.45) is 0 Å². The lowest BCUT2D eigenvalue weighted by molar-refractivity contribution is 0.804. The number of aromatic nitrogens is 1. The molecule has 2 aromatic heterocycles. The molecular formula is C52H36N4. The summed E-state index contributed by atoms with van der Waals surface area (Å²) < 4.78 is 2.47. The number of benzene rings is 8. The second kappa shape index (κ2) is 13.2. The number of fused-ring (bicyclic) bond motifs is 8. The molecule has 10 rings (SSSR count). The number of anilines is 3. The van der Waals surface area contributed by atoms with E-state index in [-0.39, 0.29) is 5.92 Å². The number of hydrogen-bond acceptors (Lipinski definition) is 3. The molecule has 0 fully saturated rings. The zero-order valence-electron chi connectivity index (χ0n) is 31.2. The molecular weight excluding hydrogens is 681 g/mol. The van der Waals surface area contributed by atoms with Crippen LogP contribution < -0.4 is 4.90 Å². The average Bonchev–Trinajstić information content (AvgIpc) is 3.74. The first-order valence-electron chi connectivity index (χ1n) is 19.0. The Labute approximate surface area is 325 Å². The van der Waals surface area contributed by atoms with Crippen molar-refractivity contribution < 1.29 is 0 Å². The van der Waals surface area contributed by atoms with Crippen LogP contribution in [0.5, 0.6) is 0 Å². The summed E-state index contributed by atoms with van der Waals surface area (Å²) in [4.78, 5) is 2.25. The van der Waals surface area contributed by atoms with Gasteiger partial charge in [-0.1, -0.05) is 96.6 Å². The number of aryl methyl sites for hydroxylation is 2. The molecule has 10 aromatic rings. The highest BCUT2D eigenvalue weighted by Gasteiger charge is 2.23. The van der Waals surface area contributed by atoms with Gasteiger partial charge in [-0.15, -0.1) is 0 Å². The minimum absolute atomic E-state index is 0.0951. The molecule has 0 amide bonds. The van der Waals surface area contributed by atoms with Gasteiger partial charge in [0.2, 0.25) is 0 Å². The molecule has 1 atom stereocenters. The van der Waals surface area contributed by atoms with Gasteiger partial charge in [0.05, 0.1) is 39.8 Å². The van der Waals surface area contributed by atoms with Gasteiger partial charge in [0, 0.05) is 44.5 Å². The van der Waals surface area contributed by atoms with E-state index in [1.807, 2.05) is 36.4 Å². The first kappa shape index (κ1) is 33.2.